The maximum absolute atomic E-state index is 12.1. The lowest BCUT2D eigenvalue weighted by atomic mass is 10.1. The van der Waals surface area contributed by atoms with Crippen LogP contribution in [0.1, 0.15) is 65.7 Å². The van der Waals surface area contributed by atoms with Crippen LogP contribution >= 0.6 is 7.60 Å². The van der Waals surface area contributed by atoms with Crippen LogP contribution < -0.4 is 0 Å². The van der Waals surface area contributed by atoms with E-state index in [1.807, 2.05) is 19.9 Å². The maximum atomic E-state index is 12.1. The quantitative estimate of drug-likeness (QED) is 0.248. The highest BCUT2D eigenvalue weighted by Gasteiger charge is 2.20. The molecule has 0 aromatic rings. The highest BCUT2D eigenvalue weighted by molar-refractivity contribution is 7.54. The summed E-state index contributed by atoms with van der Waals surface area (Å²) in [6.45, 7) is 6.70. The standard InChI is InChI=1S/C16H31O3P/c1-4-7-8-9-10-11-12-13-14-15-16-20(17,18-5-2)19-6-3/h13,15H,4-12,16H2,1-3H3. The lowest BCUT2D eigenvalue weighted by Gasteiger charge is -2.14. The van der Waals surface area contributed by atoms with Crippen molar-refractivity contribution in [2.75, 3.05) is 19.4 Å². The summed E-state index contributed by atoms with van der Waals surface area (Å²) in [5, 5.41) is 0. The van der Waals surface area contributed by atoms with Crippen LogP contribution in [0, 0.1) is 0 Å². The van der Waals surface area contributed by atoms with Crippen LogP contribution in [0.2, 0.25) is 0 Å². The van der Waals surface area contributed by atoms with Crippen molar-refractivity contribution in [2.45, 2.75) is 65.7 Å². The molecular formula is C16H31O3P. The zero-order valence-corrected chi connectivity index (χ0v) is 14.3. The largest absolute Gasteiger partial charge is 0.335 e. The van der Waals surface area contributed by atoms with Gasteiger partial charge in [0.05, 0.1) is 19.4 Å². The van der Waals surface area contributed by atoms with Gasteiger partial charge in [0.25, 0.3) is 0 Å². The van der Waals surface area contributed by atoms with Gasteiger partial charge >= 0.3 is 7.60 Å². The topological polar surface area (TPSA) is 35.5 Å². The lowest BCUT2D eigenvalue weighted by Crippen LogP contribution is -1.97. The molecule has 0 N–H and O–H groups in total. The van der Waals surface area contributed by atoms with Gasteiger partial charge < -0.3 is 9.05 Å². The lowest BCUT2D eigenvalue weighted by molar-refractivity contribution is 0.222. The molecule has 0 aliphatic heterocycles. The Hall–Kier alpha value is -0.330. The summed E-state index contributed by atoms with van der Waals surface area (Å²) in [6, 6.07) is 0. The Morgan fingerprint density at radius 1 is 0.900 bits per heavy atom. The summed E-state index contributed by atoms with van der Waals surface area (Å²) in [7, 11) is -2.93. The normalized spacial score (nSPS) is 11.2. The number of allylic oxidation sites excluding steroid dienone is 1. The number of hydrogen-bond donors (Lipinski definition) is 0. The van der Waals surface area contributed by atoms with E-state index in [0.29, 0.717) is 19.4 Å². The van der Waals surface area contributed by atoms with Gasteiger partial charge in [-0.05, 0) is 38.8 Å². The minimum atomic E-state index is -2.93. The molecule has 4 heteroatoms. The molecule has 0 saturated heterocycles. The van der Waals surface area contributed by atoms with Gasteiger partial charge in [0.15, 0.2) is 0 Å². The van der Waals surface area contributed by atoms with Crippen molar-refractivity contribution in [3.63, 3.8) is 0 Å². The fourth-order valence-corrected chi connectivity index (χ4v) is 3.30. The molecule has 0 aliphatic carbocycles. The van der Waals surface area contributed by atoms with Crippen LogP contribution in [-0.2, 0) is 13.6 Å². The van der Waals surface area contributed by atoms with Crippen LogP contribution in [-0.4, -0.2) is 19.4 Å². The van der Waals surface area contributed by atoms with Crippen molar-refractivity contribution in [3.05, 3.63) is 17.9 Å². The molecule has 0 rings (SSSR count). The van der Waals surface area contributed by atoms with Crippen molar-refractivity contribution >= 4 is 7.60 Å². The van der Waals surface area contributed by atoms with Gasteiger partial charge in [-0.15, -0.1) is 5.73 Å². The molecule has 20 heavy (non-hydrogen) atoms. The van der Waals surface area contributed by atoms with E-state index in [0.717, 1.165) is 6.42 Å². The number of hydrogen-bond acceptors (Lipinski definition) is 3. The monoisotopic (exact) mass is 302 g/mol. The molecule has 3 nitrogen and oxygen atoms in total. The molecule has 0 saturated carbocycles. The van der Waals surface area contributed by atoms with Crippen LogP contribution in [0.15, 0.2) is 17.9 Å². The first-order chi connectivity index (χ1) is 9.68. The third-order valence-electron chi connectivity index (χ3n) is 2.90. The van der Waals surface area contributed by atoms with E-state index >= 15 is 0 Å². The third kappa shape index (κ3) is 11.5. The fraction of sp³-hybridized carbons (Fsp3) is 0.812. The predicted octanol–water partition coefficient (Wildman–Crippen LogP) is 5.71. The molecule has 0 fully saturated rings. The van der Waals surface area contributed by atoms with E-state index in [-0.39, 0.29) is 0 Å². The molecule has 0 aromatic carbocycles. The summed E-state index contributed by atoms with van der Waals surface area (Å²) >= 11 is 0. The zero-order valence-electron chi connectivity index (χ0n) is 13.4. The minimum Gasteiger partial charge on any atom is -0.309 e. The Bertz CT molecular complexity index is 310. The van der Waals surface area contributed by atoms with Gasteiger partial charge in [0.2, 0.25) is 0 Å². The van der Waals surface area contributed by atoms with Crippen LogP contribution in [0.25, 0.3) is 0 Å². The molecule has 0 radical (unpaired) electrons. The fourth-order valence-electron chi connectivity index (χ4n) is 1.89. The Labute approximate surface area is 125 Å². The Morgan fingerprint density at radius 3 is 2.10 bits per heavy atom. The van der Waals surface area contributed by atoms with Crippen LogP contribution in [0.5, 0.6) is 0 Å². The first-order valence-corrected chi connectivity index (χ1v) is 9.68. The Kier molecular flexibility index (Phi) is 13.4. The third-order valence-corrected chi connectivity index (χ3v) is 4.84. The van der Waals surface area contributed by atoms with Gasteiger partial charge in [0, 0.05) is 0 Å². The number of unbranched alkanes of at least 4 members (excludes halogenated alkanes) is 6. The molecule has 0 bridgehead atoms. The van der Waals surface area contributed by atoms with Gasteiger partial charge in [-0.25, -0.2) is 0 Å². The summed E-state index contributed by atoms with van der Waals surface area (Å²) in [5.41, 5.74) is 3.08. The number of rotatable bonds is 13. The summed E-state index contributed by atoms with van der Waals surface area (Å²) in [6.07, 6.45) is 12.9. The van der Waals surface area contributed by atoms with Gasteiger partial charge in [-0.1, -0.05) is 39.0 Å². The highest BCUT2D eigenvalue weighted by atomic mass is 31.2. The van der Waals surface area contributed by atoms with Crippen LogP contribution in [0.4, 0.5) is 0 Å². The summed E-state index contributed by atoms with van der Waals surface area (Å²) in [5.74, 6) is 0. The second kappa shape index (κ2) is 13.6. The zero-order chi connectivity index (χ0) is 15.1. The average molecular weight is 302 g/mol. The Morgan fingerprint density at radius 2 is 1.50 bits per heavy atom. The first kappa shape index (κ1) is 19.7. The van der Waals surface area contributed by atoms with Crippen molar-refractivity contribution in [1.29, 1.82) is 0 Å². The van der Waals surface area contributed by atoms with E-state index in [1.54, 1.807) is 6.08 Å². The molecule has 0 spiro atoms. The van der Waals surface area contributed by atoms with Crippen molar-refractivity contribution < 1.29 is 13.6 Å². The molecule has 0 aromatic heterocycles. The minimum absolute atomic E-state index is 0.307. The molecule has 0 aliphatic rings. The second-order valence-corrected chi connectivity index (χ2v) is 6.86. The highest BCUT2D eigenvalue weighted by Crippen LogP contribution is 2.47. The van der Waals surface area contributed by atoms with Crippen LogP contribution in [0.3, 0.4) is 0 Å². The molecule has 0 atom stereocenters. The van der Waals surface area contributed by atoms with E-state index < -0.39 is 7.60 Å². The predicted molar refractivity (Wildman–Crippen MR) is 86.4 cm³/mol. The van der Waals surface area contributed by atoms with Gasteiger partial charge in [0.1, 0.15) is 0 Å². The van der Waals surface area contributed by atoms with E-state index in [1.165, 1.54) is 38.5 Å². The second-order valence-electron chi connectivity index (χ2n) is 4.76. The van der Waals surface area contributed by atoms with E-state index in [2.05, 4.69) is 12.7 Å². The molecule has 118 valence electrons. The SMILES string of the molecule is CCCCCCCCC=C=CCP(=O)(OCC)OCC. The van der Waals surface area contributed by atoms with Gasteiger partial charge in [-0.3, -0.25) is 4.57 Å². The molecular weight excluding hydrogens is 271 g/mol. The molecule has 0 amide bonds. The van der Waals surface area contributed by atoms with Crippen molar-refractivity contribution in [2.24, 2.45) is 0 Å². The smallest absolute Gasteiger partial charge is 0.309 e. The summed E-state index contributed by atoms with van der Waals surface area (Å²) < 4.78 is 22.5. The van der Waals surface area contributed by atoms with Crippen molar-refractivity contribution in [1.82, 2.24) is 0 Å². The van der Waals surface area contributed by atoms with E-state index in [9.17, 15) is 4.57 Å². The van der Waals surface area contributed by atoms with Gasteiger partial charge in [-0.2, -0.15) is 0 Å². The maximum Gasteiger partial charge on any atom is 0.335 e. The average Bonchev–Trinajstić information content (AvgIpc) is 2.41. The Balaban J connectivity index is 3.80. The van der Waals surface area contributed by atoms with Crippen molar-refractivity contribution in [3.8, 4) is 0 Å². The van der Waals surface area contributed by atoms with E-state index in [4.69, 9.17) is 9.05 Å². The molecule has 0 unspecified atom stereocenters. The first-order valence-electron chi connectivity index (χ1n) is 7.96. The summed E-state index contributed by atoms with van der Waals surface area (Å²) in [4.78, 5) is 0. The molecule has 0 heterocycles.